The maximum absolute atomic E-state index is 13.0. The average Bonchev–Trinajstić information content (AvgIpc) is 3.39. The van der Waals surface area contributed by atoms with Crippen molar-refractivity contribution in [1.82, 2.24) is 24.8 Å². The first-order valence-corrected chi connectivity index (χ1v) is 11.7. The van der Waals surface area contributed by atoms with Gasteiger partial charge in [0.05, 0.1) is 12.3 Å². The number of likely N-dealkylation sites (tertiary alicyclic amines) is 1. The van der Waals surface area contributed by atoms with Crippen molar-refractivity contribution in [3.8, 4) is 17.1 Å². The molecule has 1 aliphatic heterocycles. The number of nitrogens with zero attached hydrogens (tertiary/aromatic N) is 3. The lowest BCUT2D eigenvalue weighted by Crippen LogP contribution is -2.39. The Bertz CT molecular complexity index is 1130. The summed E-state index contributed by atoms with van der Waals surface area (Å²) in [6.07, 6.45) is 1.49. The van der Waals surface area contributed by atoms with Gasteiger partial charge in [-0.1, -0.05) is 48.5 Å². The van der Waals surface area contributed by atoms with E-state index in [9.17, 15) is 13.2 Å². The lowest BCUT2D eigenvalue weighted by atomic mass is 10.1. The van der Waals surface area contributed by atoms with Crippen LogP contribution in [0.1, 0.15) is 18.3 Å². The van der Waals surface area contributed by atoms with Crippen LogP contribution in [-0.4, -0.2) is 59.9 Å². The molecule has 3 aromatic rings. The second-order valence-corrected chi connectivity index (χ2v) is 9.18. The summed E-state index contributed by atoms with van der Waals surface area (Å²) in [7, 11) is -3.42. The summed E-state index contributed by atoms with van der Waals surface area (Å²) in [5.41, 5.74) is 0.846. The van der Waals surface area contributed by atoms with Crippen LogP contribution in [0.3, 0.4) is 0 Å². The van der Waals surface area contributed by atoms with Gasteiger partial charge < -0.3 is 9.64 Å². The number of nitrogens with one attached hydrogen (secondary N) is 2. The van der Waals surface area contributed by atoms with Crippen molar-refractivity contribution in [2.45, 2.75) is 18.5 Å². The monoisotopic (exact) mass is 441 g/mol. The Morgan fingerprint density at radius 1 is 1.16 bits per heavy atom. The van der Waals surface area contributed by atoms with Gasteiger partial charge in [0.25, 0.3) is 5.91 Å². The van der Waals surface area contributed by atoms with Gasteiger partial charge in [-0.05, 0) is 18.6 Å². The zero-order valence-corrected chi connectivity index (χ0v) is 17.7. The van der Waals surface area contributed by atoms with E-state index in [1.807, 2.05) is 48.5 Å². The number of rotatable bonds is 7. The normalized spacial score (nSPS) is 18.8. The molecule has 0 spiro atoms. The van der Waals surface area contributed by atoms with Crippen molar-refractivity contribution in [2.75, 3.05) is 19.4 Å². The van der Waals surface area contributed by atoms with E-state index in [-0.39, 0.29) is 19.1 Å². The lowest BCUT2D eigenvalue weighted by Gasteiger charge is -2.22. The number of ether oxygens (including phenoxy) is 1. The van der Waals surface area contributed by atoms with Crippen LogP contribution in [0.15, 0.2) is 60.7 Å². The van der Waals surface area contributed by atoms with Crippen molar-refractivity contribution in [3.05, 3.63) is 66.5 Å². The molecular weight excluding hydrogens is 418 g/mol. The molecule has 1 fully saturated rings. The topological polar surface area (TPSA) is 117 Å². The second-order valence-electron chi connectivity index (χ2n) is 7.40. The fourth-order valence-electron chi connectivity index (χ4n) is 3.64. The first-order chi connectivity index (χ1) is 14.9. The number of benzene rings is 2. The molecule has 31 heavy (non-hydrogen) atoms. The van der Waals surface area contributed by atoms with Crippen LogP contribution in [0.2, 0.25) is 0 Å². The zero-order valence-electron chi connectivity index (χ0n) is 16.9. The Balaban J connectivity index is 1.54. The minimum atomic E-state index is -3.42. The number of carbonyl (C=O) groups is 1. The lowest BCUT2D eigenvalue weighted by molar-refractivity contribution is -0.134. The van der Waals surface area contributed by atoms with Gasteiger partial charge in [0.1, 0.15) is 11.6 Å². The molecule has 0 radical (unpaired) electrons. The van der Waals surface area contributed by atoms with Crippen LogP contribution < -0.4 is 9.46 Å². The van der Waals surface area contributed by atoms with Gasteiger partial charge in [-0.15, -0.1) is 0 Å². The summed E-state index contributed by atoms with van der Waals surface area (Å²) < 4.78 is 31.7. The number of para-hydroxylation sites is 1. The number of aromatic amines is 1. The minimum Gasteiger partial charge on any atom is -0.484 e. The molecule has 1 aromatic heterocycles. The van der Waals surface area contributed by atoms with E-state index >= 15 is 0 Å². The van der Waals surface area contributed by atoms with E-state index in [2.05, 4.69) is 19.9 Å². The summed E-state index contributed by atoms with van der Waals surface area (Å²) in [6, 6.07) is 17.7. The van der Waals surface area contributed by atoms with Gasteiger partial charge in [0.2, 0.25) is 10.0 Å². The number of carbonyl (C=O) groups excluding carboxylic acids is 1. The first-order valence-electron chi connectivity index (χ1n) is 9.81. The molecule has 0 aliphatic carbocycles. The highest BCUT2D eigenvalue weighted by molar-refractivity contribution is 7.88. The number of hydrogen-bond donors (Lipinski definition) is 2. The van der Waals surface area contributed by atoms with Gasteiger partial charge >= 0.3 is 0 Å². The summed E-state index contributed by atoms with van der Waals surface area (Å²) in [5.74, 6) is 1.35. The molecule has 1 amide bonds. The zero-order chi connectivity index (χ0) is 21.8. The summed E-state index contributed by atoms with van der Waals surface area (Å²) in [6.45, 7) is 0.0574. The third kappa shape index (κ3) is 5.28. The summed E-state index contributed by atoms with van der Waals surface area (Å²) >= 11 is 0. The van der Waals surface area contributed by atoms with Crippen molar-refractivity contribution in [2.24, 2.45) is 0 Å². The first kappa shape index (κ1) is 21.0. The van der Waals surface area contributed by atoms with Crippen LogP contribution >= 0.6 is 0 Å². The maximum Gasteiger partial charge on any atom is 0.261 e. The molecule has 0 saturated carbocycles. The Labute approximate surface area is 180 Å². The standard InChI is InChI=1S/C21H23N5O4S/c1-31(28,29)25-16-12-18(21-22-20(23-24-21)15-8-4-2-5-9-15)26(13-16)19(27)14-30-17-10-6-3-7-11-17/h2-11,16,18,25H,12-14H2,1H3,(H,22,23,24)/t16-,18-/m0/s1. The highest BCUT2D eigenvalue weighted by atomic mass is 32.2. The molecular formula is C21H23N5O4S. The fourth-order valence-corrected chi connectivity index (χ4v) is 4.42. The Morgan fingerprint density at radius 3 is 2.52 bits per heavy atom. The fraction of sp³-hybridized carbons (Fsp3) is 0.286. The third-order valence-electron chi connectivity index (χ3n) is 4.96. The van der Waals surface area contributed by atoms with E-state index in [0.29, 0.717) is 23.8 Å². The molecule has 2 N–H and O–H groups in total. The highest BCUT2D eigenvalue weighted by Gasteiger charge is 2.39. The van der Waals surface area contributed by atoms with E-state index in [1.165, 1.54) is 0 Å². The Kier molecular flexibility index (Phi) is 6.01. The summed E-state index contributed by atoms with van der Waals surface area (Å²) in [5, 5.41) is 7.19. The molecule has 2 heterocycles. The van der Waals surface area contributed by atoms with Crippen molar-refractivity contribution >= 4 is 15.9 Å². The number of H-pyrrole nitrogens is 1. The van der Waals surface area contributed by atoms with Crippen LogP contribution in [0, 0.1) is 0 Å². The van der Waals surface area contributed by atoms with Gasteiger partial charge in [-0.2, -0.15) is 5.10 Å². The van der Waals surface area contributed by atoms with Crippen molar-refractivity contribution in [3.63, 3.8) is 0 Å². The molecule has 1 saturated heterocycles. The van der Waals surface area contributed by atoms with Crippen LogP contribution in [0.4, 0.5) is 0 Å². The van der Waals surface area contributed by atoms with Gasteiger partial charge in [0, 0.05) is 18.2 Å². The minimum absolute atomic E-state index is 0.161. The molecule has 2 atom stereocenters. The van der Waals surface area contributed by atoms with Gasteiger partial charge in [-0.3, -0.25) is 9.89 Å². The van der Waals surface area contributed by atoms with E-state index < -0.39 is 22.1 Å². The molecule has 0 unspecified atom stereocenters. The van der Waals surface area contributed by atoms with Crippen LogP contribution in [-0.2, 0) is 14.8 Å². The second kappa shape index (κ2) is 8.86. The predicted octanol–water partition coefficient (Wildman–Crippen LogP) is 1.74. The predicted molar refractivity (Wildman–Crippen MR) is 115 cm³/mol. The largest absolute Gasteiger partial charge is 0.484 e. The van der Waals surface area contributed by atoms with Gasteiger partial charge in [-0.25, -0.2) is 18.1 Å². The smallest absolute Gasteiger partial charge is 0.261 e. The molecule has 0 bridgehead atoms. The molecule has 10 heteroatoms. The number of amides is 1. The van der Waals surface area contributed by atoms with Crippen LogP contribution in [0.5, 0.6) is 5.75 Å². The van der Waals surface area contributed by atoms with Crippen molar-refractivity contribution in [1.29, 1.82) is 0 Å². The molecule has 2 aromatic carbocycles. The highest BCUT2D eigenvalue weighted by Crippen LogP contribution is 2.31. The SMILES string of the molecule is CS(=O)(=O)N[C@H]1C[C@@H](c2nc(-c3ccccc3)n[nH]2)N(C(=O)COc2ccccc2)C1. The number of sulfonamides is 1. The molecule has 162 valence electrons. The Morgan fingerprint density at radius 2 is 1.84 bits per heavy atom. The molecule has 4 rings (SSSR count). The summed E-state index contributed by atoms with van der Waals surface area (Å²) in [4.78, 5) is 19.1. The quantitative estimate of drug-likeness (QED) is 0.577. The third-order valence-corrected chi connectivity index (χ3v) is 5.72. The van der Waals surface area contributed by atoms with Crippen LogP contribution in [0.25, 0.3) is 11.4 Å². The Hall–Kier alpha value is -3.24. The molecule has 1 aliphatic rings. The van der Waals surface area contributed by atoms with E-state index in [1.54, 1.807) is 17.0 Å². The van der Waals surface area contributed by atoms with Crippen molar-refractivity contribution < 1.29 is 17.9 Å². The van der Waals surface area contributed by atoms with E-state index in [0.717, 1.165) is 11.8 Å². The average molecular weight is 442 g/mol. The number of aromatic nitrogens is 3. The van der Waals surface area contributed by atoms with E-state index in [4.69, 9.17) is 4.74 Å². The number of hydrogen-bond acceptors (Lipinski definition) is 6. The molecule has 9 nitrogen and oxygen atoms in total. The van der Waals surface area contributed by atoms with Gasteiger partial charge in [0.15, 0.2) is 12.4 Å². The maximum atomic E-state index is 13.0.